The van der Waals surface area contributed by atoms with Gasteiger partial charge in [-0.3, -0.25) is 9.69 Å². The second kappa shape index (κ2) is 8.46. The maximum absolute atomic E-state index is 12.4. The van der Waals surface area contributed by atoms with Gasteiger partial charge >= 0.3 is 0 Å². The first-order chi connectivity index (χ1) is 11.3. The third-order valence-corrected chi connectivity index (χ3v) is 5.07. The quantitative estimate of drug-likeness (QED) is 0.836. The summed E-state index contributed by atoms with van der Waals surface area (Å²) < 4.78 is 5.44. The van der Waals surface area contributed by atoms with Gasteiger partial charge in [0.05, 0.1) is 0 Å². The summed E-state index contributed by atoms with van der Waals surface area (Å²) in [7, 11) is 0. The molecule has 0 N–H and O–H groups in total. The summed E-state index contributed by atoms with van der Waals surface area (Å²) >= 11 is 0. The van der Waals surface area contributed by atoms with Crippen LogP contribution in [0.3, 0.4) is 0 Å². The Hall–Kier alpha value is -1.39. The molecule has 2 fully saturated rings. The zero-order valence-electron chi connectivity index (χ0n) is 14.0. The van der Waals surface area contributed by atoms with Crippen molar-refractivity contribution in [1.82, 2.24) is 9.80 Å². The maximum atomic E-state index is 12.4. The van der Waals surface area contributed by atoms with E-state index in [1.165, 1.54) is 5.56 Å². The number of aryl methyl sites for hydroxylation is 1. The normalized spacial score (nSPS) is 20.6. The van der Waals surface area contributed by atoms with Crippen molar-refractivity contribution in [3.8, 4) is 0 Å². The maximum Gasteiger partial charge on any atom is 0.222 e. The molecule has 2 aliphatic rings. The third-order valence-electron chi connectivity index (χ3n) is 5.07. The number of benzene rings is 1. The summed E-state index contributed by atoms with van der Waals surface area (Å²) in [5, 5.41) is 0. The molecular formula is C19H28N2O2. The van der Waals surface area contributed by atoms with Gasteiger partial charge < -0.3 is 9.64 Å². The summed E-state index contributed by atoms with van der Waals surface area (Å²) in [5.74, 6) is 0.326. The van der Waals surface area contributed by atoms with Crippen LogP contribution in [0.15, 0.2) is 30.3 Å². The molecule has 0 unspecified atom stereocenters. The van der Waals surface area contributed by atoms with Crippen LogP contribution in [0.5, 0.6) is 0 Å². The van der Waals surface area contributed by atoms with Gasteiger partial charge in [0.25, 0.3) is 0 Å². The Morgan fingerprint density at radius 2 is 1.74 bits per heavy atom. The summed E-state index contributed by atoms with van der Waals surface area (Å²) in [6.45, 7) is 5.61. The Morgan fingerprint density at radius 3 is 2.43 bits per heavy atom. The molecule has 0 saturated carbocycles. The first kappa shape index (κ1) is 16.5. The fraction of sp³-hybridized carbons (Fsp3) is 0.632. The van der Waals surface area contributed by atoms with Crippen molar-refractivity contribution < 1.29 is 9.53 Å². The topological polar surface area (TPSA) is 32.8 Å². The molecule has 2 heterocycles. The van der Waals surface area contributed by atoms with Crippen LogP contribution in [0.25, 0.3) is 0 Å². The van der Waals surface area contributed by atoms with Crippen LogP contribution in [-0.4, -0.2) is 61.1 Å². The number of amides is 1. The largest absolute Gasteiger partial charge is 0.381 e. The molecule has 4 heteroatoms. The number of nitrogens with zero attached hydrogens (tertiary/aromatic N) is 2. The zero-order valence-corrected chi connectivity index (χ0v) is 14.0. The van der Waals surface area contributed by atoms with E-state index in [2.05, 4.69) is 34.1 Å². The Balaban J connectivity index is 1.36. The van der Waals surface area contributed by atoms with E-state index in [0.29, 0.717) is 18.4 Å². The van der Waals surface area contributed by atoms with Gasteiger partial charge in [0.2, 0.25) is 5.91 Å². The second-order valence-electron chi connectivity index (χ2n) is 6.60. The number of rotatable bonds is 5. The minimum Gasteiger partial charge on any atom is -0.381 e. The summed E-state index contributed by atoms with van der Waals surface area (Å²) in [6.07, 6.45) is 4.90. The predicted molar refractivity (Wildman–Crippen MR) is 91.4 cm³/mol. The van der Waals surface area contributed by atoms with Gasteiger partial charge in [0.15, 0.2) is 0 Å². The van der Waals surface area contributed by atoms with Crippen molar-refractivity contribution in [1.29, 1.82) is 0 Å². The minimum absolute atomic E-state index is 0.326. The Morgan fingerprint density at radius 1 is 1.04 bits per heavy atom. The molecule has 0 spiro atoms. The van der Waals surface area contributed by atoms with Gasteiger partial charge in [0, 0.05) is 51.9 Å². The molecule has 1 aromatic carbocycles. The Bertz CT molecular complexity index is 477. The van der Waals surface area contributed by atoms with E-state index in [1.54, 1.807) is 0 Å². The molecule has 23 heavy (non-hydrogen) atoms. The van der Waals surface area contributed by atoms with Crippen LogP contribution < -0.4 is 0 Å². The zero-order chi connectivity index (χ0) is 15.9. The van der Waals surface area contributed by atoms with Crippen LogP contribution in [0.4, 0.5) is 0 Å². The SMILES string of the molecule is O=C(CCCc1ccccc1)N1CCN(C2CCOCC2)CC1. The summed E-state index contributed by atoms with van der Waals surface area (Å²) in [6, 6.07) is 11.1. The highest BCUT2D eigenvalue weighted by molar-refractivity contribution is 5.76. The molecule has 0 bridgehead atoms. The first-order valence-electron chi connectivity index (χ1n) is 8.96. The number of piperazine rings is 1. The third kappa shape index (κ3) is 4.79. The van der Waals surface area contributed by atoms with E-state index in [9.17, 15) is 4.79 Å². The highest BCUT2D eigenvalue weighted by Gasteiger charge is 2.26. The number of carbonyl (C=O) groups excluding carboxylic acids is 1. The molecule has 0 aromatic heterocycles. The fourth-order valence-corrected chi connectivity index (χ4v) is 3.63. The van der Waals surface area contributed by atoms with E-state index in [4.69, 9.17) is 4.74 Å². The van der Waals surface area contributed by atoms with Crippen molar-refractivity contribution >= 4 is 5.91 Å². The predicted octanol–water partition coefficient (Wildman–Crippen LogP) is 2.33. The number of carbonyl (C=O) groups is 1. The molecule has 2 saturated heterocycles. The van der Waals surface area contributed by atoms with Crippen molar-refractivity contribution in [2.45, 2.75) is 38.1 Å². The lowest BCUT2D eigenvalue weighted by Crippen LogP contribution is -2.53. The summed E-state index contributed by atoms with van der Waals surface area (Å²) in [4.78, 5) is 17.0. The van der Waals surface area contributed by atoms with E-state index >= 15 is 0 Å². The Kier molecular flexibility index (Phi) is 6.06. The molecule has 3 rings (SSSR count). The molecule has 0 atom stereocenters. The van der Waals surface area contributed by atoms with Crippen molar-refractivity contribution in [2.75, 3.05) is 39.4 Å². The molecule has 0 aliphatic carbocycles. The minimum atomic E-state index is 0.326. The van der Waals surface area contributed by atoms with Crippen LogP contribution in [0.1, 0.15) is 31.2 Å². The van der Waals surface area contributed by atoms with E-state index in [0.717, 1.165) is 65.1 Å². The molecular weight excluding hydrogens is 288 g/mol. The number of hydrogen-bond acceptors (Lipinski definition) is 3. The highest BCUT2D eigenvalue weighted by atomic mass is 16.5. The lowest BCUT2D eigenvalue weighted by molar-refractivity contribution is -0.133. The second-order valence-corrected chi connectivity index (χ2v) is 6.60. The van der Waals surface area contributed by atoms with Gasteiger partial charge in [0.1, 0.15) is 0 Å². The van der Waals surface area contributed by atoms with E-state index in [1.807, 2.05) is 6.07 Å². The first-order valence-corrected chi connectivity index (χ1v) is 8.96. The van der Waals surface area contributed by atoms with E-state index in [-0.39, 0.29) is 0 Å². The molecule has 4 nitrogen and oxygen atoms in total. The standard InChI is InChI=1S/C19H28N2O2/c22-19(8-4-7-17-5-2-1-3-6-17)21-13-11-20(12-14-21)18-9-15-23-16-10-18/h1-3,5-6,18H,4,7-16H2. The van der Waals surface area contributed by atoms with Crippen LogP contribution in [0, 0.1) is 0 Å². The molecule has 1 amide bonds. The number of hydrogen-bond donors (Lipinski definition) is 0. The van der Waals surface area contributed by atoms with Gasteiger partial charge in [-0.05, 0) is 31.2 Å². The number of ether oxygens (including phenoxy) is 1. The van der Waals surface area contributed by atoms with Crippen molar-refractivity contribution in [3.63, 3.8) is 0 Å². The fourth-order valence-electron chi connectivity index (χ4n) is 3.63. The molecule has 126 valence electrons. The average molecular weight is 316 g/mol. The lowest BCUT2D eigenvalue weighted by Gasteiger charge is -2.40. The lowest BCUT2D eigenvalue weighted by atomic mass is 10.1. The van der Waals surface area contributed by atoms with Crippen LogP contribution >= 0.6 is 0 Å². The van der Waals surface area contributed by atoms with Gasteiger partial charge in [-0.25, -0.2) is 0 Å². The molecule has 2 aliphatic heterocycles. The molecule has 0 radical (unpaired) electrons. The van der Waals surface area contributed by atoms with Gasteiger partial charge in [-0.15, -0.1) is 0 Å². The van der Waals surface area contributed by atoms with Gasteiger partial charge in [-0.1, -0.05) is 30.3 Å². The van der Waals surface area contributed by atoms with E-state index < -0.39 is 0 Å². The Labute approximate surface area is 139 Å². The van der Waals surface area contributed by atoms with Crippen LogP contribution in [-0.2, 0) is 16.0 Å². The smallest absolute Gasteiger partial charge is 0.222 e. The van der Waals surface area contributed by atoms with Crippen molar-refractivity contribution in [2.24, 2.45) is 0 Å². The molecule has 1 aromatic rings. The van der Waals surface area contributed by atoms with Crippen molar-refractivity contribution in [3.05, 3.63) is 35.9 Å². The highest BCUT2D eigenvalue weighted by Crippen LogP contribution is 2.17. The monoisotopic (exact) mass is 316 g/mol. The van der Waals surface area contributed by atoms with Crippen LogP contribution in [0.2, 0.25) is 0 Å². The average Bonchev–Trinajstić information content (AvgIpc) is 2.63. The summed E-state index contributed by atoms with van der Waals surface area (Å²) in [5.41, 5.74) is 1.32. The van der Waals surface area contributed by atoms with Gasteiger partial charge in [-0.2, -0.15) is 0 Å².